The molecule has 9 heteroatoms. The van der Waals surface area contributed by atoms with Crippen molar-refractivity contribution in [1.82, 2.24) is 20.0 Å². The number of hydrogen-bond acceptors (Lipinski definition) is 7. The number of nitrogens with one attached hydrogen (secondary N) is 1. The molecule has 186 valence electrons. The molecule has 0 spiro atoms. The van der Waals surface area contributed by atoms with E-state index < -0.39 is 0 Å². The molecule has 1 N–H and O–H groups in total. The van der Waals surface area contributed by atoms with Gasteiger partial charge in [0.1, 0.15) is 18.2 Å². The molecule has 0 aliphatic carbocycles. The van der Waals surface area contributed by atoms with E-state index in [2.05, 4.69) is 15.1 Å². The Morgan fingerprint density at radius 2 is 1.97 bits per heavy atom. The minimum Gasteiger partial charge on any atom is -0.493 e. The van der Waals surface area contributed by atoms with Crippen LogP contribution >= 0.6 is 0 Å². The number of aromatic amines is 1. The number of aromatic nitrogens is 3. The molecule has 0 aliphatic rings. The maximum atomic E-state index is 12.9. The van der Waals surface area contributed by atoms with Crippen molar-refractivity contribution in [3.63, 3.8) is 0 Å². The number of para-hydroxylation sites is 1. The number of rotatable bonds is 9. The largest absolute Gasteiger partial charge is 0.493 e. The zero-order valence-electron chi connectivity index (χ0n) is 20.7. The molecular weight excluding hydrogens is 460 g/mol. The number of amides is 1. The number of benzene rings is 2. The lowest BCUT2D eigenvalue weighted by Crippen LogP contribution is -2.30. The molecule has 9 nitrogen and oxygen atoms in total. The molecule has 4 aromatic rings. The molecule has 0 saturated heterocycles. The lowest BCUT2D eigenvalue weighted by Gasteiger charge is -2.18. The van der Waals surface area contributed by atoms with Gasteiger partial charge in [-0.25, -0.2) is 4.98 Å². The zero-order valence-corrected chi connectivity index (χ0v) is 20.7. The van der Waals surface area contributed by atoms with Crippen LogP contribution in [-0.4, -0.2) is 39.6 Å². The van der Waals surface area contributed by atoms with Crippen LogP contribution in [0.4, 0.5) is 0 Å². The van der Waals surface area contributed by atoms with E-state index in [-0.39, 0.29) is 18.0 Å². The monoisotopic (exact) mass is 488 g/mol. The molecule has 0 atom stereocenters. The summed E-state index contributed by atoms with van der Waals surface area (Å²) in [6.45, 7) is 6.54. The number of H-pyrrole nitrogens is 1. The average molecular weight is 489 g/mol. The van der Waals surface area contributed by atoms with Crippen molar-refractivity contribution in [2.24, 2.45) is 0 Å². The van der Waals surface area contributed by atoms with Crippen molar-refractivity contribution < 1.29 is 18.8 Å². The summed E-state index contributed by atoms with van der Waals surface area (Å²) >= 11 is 0. The van der Waals surface area contributed by atoms with Gasteiger partial charge < -0.3 is 23.9 Å². The third-order valence-corrected chi connectivity index (χ3v) is 5.86. The molecule has 0 bridgehead atoms. The highest BCUT2D eigenvalue weighted by Gasteiger charge is 2.14. The van der Waals surface area contributed by atoms with Crippen LogP contribution in [0.5, 0.6) is 11.5 Å². The fraction of sp³-hybridized carbons (Fsp3) is 0.259. The number of nitrogens with zero attached hydrogens (tertiary/aromatic N) is 3. The van der Waals surface area contributed by atoms with Gasteiger partial charge in [0, 0.05) is 12.6 Å². The Balaban J connectivity index is 1.45. The Morgan fingerprint density at radius 3 is 2.69 bits per heavy atom. The summed E-state index contributed by atoms with van der Waals surface area (Å²) in [6.07, 6.45) is 3.20. The lowest BCUT2D eigenvalue weighted by atomic mass is 10.1. The van der Waals surface area contributed by atoms with E-state index >= 15 is 0 Å². The van der Waals surface area contributed by atoms with Crippen LogP contribution in [-0.2, 0) is 17.9 Å². The van der Waals surface area contributed by atoms with Crippen molar-refractivity contribution in [3.05, 3.63) is 87.3 Å². The first kappa shape index (κ1) is 24.7. The van der Waals surface area contributed by atoms with Crippen LogP contribution in [0.2, 0.25) is 0 Å². The van der Waals surface area contributed by atoms with Gasteiger partial charge in [0.15, 0.2) is 11.5 Å². The quantitative estimate of drug-likeness (QED) is 0.352. The van der Waals surface area contributed by atoms with Gasteiger partial charge in [-0.05, 0) is 56.7 Å². The second-order valence-electron chi connectivity index (χ2n) is 8.22. The molecule has 2 aromatic carbocycles. The molecular formula is C27H28N4O5. The lowest BCUT2D eigenvalue weighted by molar-refractivity contribution is -0.126. The summed E-state index contributed by atoms with van der Waals surface area (Å²) < 4.78 is 16.6. The molecule has 4 rings (SSSR count). The average Bonchev–Trinajstić information content (AvgIpc) is 3.21. The van der Waals surface area contributed by atoms with Crippen LogP contribution in [0.3, 0.4) is 0 Å². The summed E-state index contributed by atoms with van der Waals surface area (Å²) in [6, 6.07) is 12.5. The van der Waals surface area contributed by atoms with Gasteiger partial charge in [0.05, 0.1) is 35.8 Å². The van der Waals surface area contributed by atoms with Gasteiger partial charge in [-0.2, -0.15) is 0 Å². The predicted molar refractivity (Wildman–Crippen MR) is 136 cm³/mol. The van der Waals surface area contributed by atoms with Crippen molar-refractivity contribution >= 4 is 22.9 Å². The molecule has 2 aromatic heterocycles. The fourth-order valence-electron chi connectivity index (χ4n) is 3.77. The van der Waals surface area contributed by atoms with E-state index in [9.17, 15) is 9.59 Å². The maximum absolute atomic E-state index is 12.9. The zero-order chi connectivity index (χ0) is 25.7. The number of methoxy groups -OCH3 is 1. The number of hydrogen-bond donors (Lipinski definition) is 1. The minimum atomic E-state index is -0.224. The Kier molecular flexibility index (Phi) is 7.48. The van der Waals surface area contributed by atoms with Crippen LogP contribution in [0.25, 0.3) is 17.0 Å². The molecule has 2 heterocycles. The van der Waals surface area contributed by atoms with Gasteiger partial charge in [0.2, 0.25) is 5.91 Å². The Morgan fingerprint density at radius 1 is 1.17 bits per heavy atom. The van der Waals surface area contributed by atoms with E-state index in [4.69, 9.17) is 14.0 Å². The SMILES string of the molecule is CCN(Cc1nc2ccccc2c(=O)[nH]1)C(=O)/C=C/c1ccc(OCc2c(C)noc2C)c(OC)c1. The minimum absolute atomic E-state index is 0.192. The number of carbonyl (C=O) groups excluding carboxylic acids is 1. The van der Waals surface area contributed by atoms with Crippen molar-refractivity contribution in [2.75, 3.05) is 13.7 Å². The Hall–Kier alpha value is -4.40. The molecule has 36 heavy (non-hydrogen) atoms. The highest BCUT2D eigenvalue weighted by Crippen LogP contribution is 2.30. The summed E-state index contributed by atoms with van der Waals surface area (Å²) in [5.74, 6) is 2.06. The molecule has 0 saturated carbocycles. The third kappa shape index (κ3) is 5.46. The first-order valence-electron chi connectivity index (χ1n) is 11.6. The number of ether oxygens (including phenoxy) is 2. The van der Waals surface area contributed by atoms with Gasteiger partial charge in [-0.15, -0.1) is 0 Å². The number of likely N-dealkylation sites (N-methyl/N-ethyl adjacent to an activating group) is 1. The fourth-order valence-corrected chi connectivity index (χ4v) is 3.77. The summed E-state index contributed by atoms with van der Waals surface area (Å²) in [7, 11) is 1.56. The maximum Gasteiger partial charge on any atom is 0.258 e. The van der Waals surface area contributed by atoms with Gasteiger partial charge in [-0.1, -0.05) is 23.4 Å². The highest BCUT2D eigenvalue weighted by molar-refractivity contribution is 5.91. The topological polar surface area (TPSA) is 111 Å². The first-order valence-corrected chi connectivity index (χ1v) is 11.6. The normalized spacial score (nSPS) is 11.2. The highest BCUT2D eigenvalue weighted by atomic mass is 16.5. The summed E-state index contributed by atoms with van der Waals surface area (Å²) in [4.78, 5) is 34.1. The van der Waals surface area contributed by atoms with E-state index in [1.807, 2.05) is 32.9 Å². The summed E-state index contributed by atoms with van der Waals surface area (Å²) in [5, 5.41) is 4.46. The molecule has 0 aliphatic heterocycles. The smallest absolute Gasteiger partial charge is 0.258 e. The number of aryl methyl sites for hydroxylation is 2. The van der Waals surface area contributed by atoms with Crippen LogP contribution < -0.4 is 15.0 Å². The second kappa shape index (κ2) is 10.9. The second-order valence-corrected chi connectivity index (χ2v) is 8.22. The number of carbonyl (C=O) groups is 1. The van der Waals surface area contributed by atoms with E-state index in [1.165, 1.54) is 6.08 Å². The molecule has 0 fully saturated rings. The van der Waals surface area contributed by atoms with Crippen molar-refractivity contribution in [2.45, 2.75) is 33.9 Å². The van der Waals surface area contributed by atoms with Crippen LogP contribution in [0.1, 0.15) is 35.3 Å². The van der Waals surface area contributed by atoms with Crippen molar-refractivity contribution in [3.8, 4) is 11.5 Å². The third-order valence-electron chi connectivity index (χ3n) is 5.86. The van der Waals surface area contributed by atoms with E-state index in [0.29, 0.717) is 47.1 Å². The van der Waals surface area contributed by atoms with E-state index in [1.54, 1.807) is 48.4 Å². The summed E-state index contributed by atoms with van der Waals surface area (Å²) in [5.41, 5.74) is 2.83. The predicted octanol–water partition coefficient (Wildman–Crippen LogP) is 4.18. The van der Waals surface area contributed by atoms with Crippen LogP contribution in [0.15, 0.2) is 57.9 Å². The van der Waals surface area contributed by atoms with Gasteiger partial charge in [0.25, 0.3) is 5.56 Å². The Bertz CT molecular complexity index is 1450. The number of fused-ring (bicyclic) bond motifs is 1. The van der Waals surface area contributed by atoms with Crippen molar-refractivity contribution in [1.29, 1.82) is 0 Å². The molecule has 1 amide bonds. The Labute approximate surface area is 208 Å². The van der Waals surface area contributed by atoms with E-state index in [0.717, 1.165) is 16.8 Å². The van der Waals surface area contributed by atoms with Crippen LogP contribution in [0, 0.1) is 13.8 Å². The van der Waals surface area contributed by atoms with Gasteiger partial charge in [-0.3, -0.25) is 9.59 Å². The molecule has 0 unspecified atom stereocenters. The first-order chi connectivity index (χ1) is 17.4. The molecule has 0 radical (unpaired) electrons. The standard InChI is InChI=1S/C27H28N4O5/c1-5-31(15-25-28-22-9-7-6-8-20(22)27(33)29-25)26(32)13-11-19-10-12-23(24(14-19)34-4)35-16-21-17(2)30-36-18(21)3/h6-14H,5,15-16H2,1-4H3,(H,28,29,33)/b13-11+. The van der Waals surface area contributed by atoms with Gasteiger partial charge >= 0.3 is 0 Å².